The molecule has 0 aromatic carbocycles. The van der Waals surface area contributed by atoms with Crippen LogP contribution in [0.3, 0.4) is 0 Å². The molecule has 0 aromatic heterocycles. The Balaban J connectivity index is -0.0000000326. The van der Waals surface area contributed by atoms with Crippen molar-refractivity contribution in [3.63, 3.8) is 0 Å². The van der Waals surface area contributed by atoms with Crippen molar-refractivity contribution in [2.45, 2.75) is 0 Å². The second-order valence-electron chi connectivity index (χ2n) is 0.502. The van der Waals surface area contributed by atoms with Crippen molar-refractivity contribution in [1.82, 2.24) is 6.15 Å². The largest absolute Gasteiger partial charge is 1.00 e. The van der Waals surface area contributed by atoms with E-state index in [1.807, 2.05) is 0 Å². The van der Waals surface area contributed by atoms with Gasteiger partial charge in [0.2, 0.25) is 10.4 Å². The van der Waals surface area contributed by atoms with E-state index in [0.717, 1.165) is 5.34 Å². The topological polar surface area (TPSA) is 166 Å². The number of hydrogen-bond acceptors (Lipinski definition) is 6. The van der Waals surface area contributed by atoms with Gasteiger partial charge in [-0.05, 0) is 0 Å². The van der Waals surface area contributed by atoms with E-state index >= 15 is 0 Å². The molecule has 0 saturated heterocycles. The summed E-state index contributed by atoms with van der Waals surface area (Å²) < 4.78 is 32.8. The fourth-order valence-corrected chi connectivity index (χ4v) is 0. The van der Waals surface area contributed by atoms with Gasteiger partial charge in [0.15, 0.2) is 0 Å². The monoisotopic (exact) mass is 184 g/mol. The van der Waals surface area contributed by atoms with E-state index in [0.29, 0.717) is 0 Å². The molecule has 0 aliphatic carbocycles. The Morgan fingerprint density at radius 3 is 1.40 bits per heavy atom. The summed E-state index contributed by atoms with van der Waals surface area (Å²) in [5.74, 6) is 0. The van der Waals surface area contributed by atoms with Crippen LogP contribution in [-0.4, -0.2) is 17.5 Å². The van der Waals surface area contributed by atoms with Crippen LogP contribution < -0.4 is 35.7 Å². The Hall–Kier alpha value is 0.230. The van der Waals surface area contributed by atoms with Gasteiger partial charge in [0, 0.05) is 0 Å². The Labute approximate surface area is 79.0 Å². The molecule has 0 fully saturated rings. The Morgan fingerprint density at radius 2 is 1.40 bits per heavy atom. The average Bonchev–Trinajstić information content (AvgIpc) is 1.27. The first-order valence-corrected chi connectivity index (χ1v) is 2.41. The quantitative estimate of drug-likeness (QED) is 0.131. The van der Waals surface area contributed by atoms with Gasteiger partial charge < -0.3 is 20.8 Å². The van der Waals surface area contributed by atoms with Crippen LogP contribution in [0.25, 0.3) is 0 Å². The third-order valence-corrected chi connectivity index (χ3v) is 0. The molecule has 0 amide bonds. The molecule has 0 heterocycles. The van der Waals surface area contributed by atoms with E-state index in [9.17, 15) is 0 Å². The molecular formula is H5N2NaO6S. The molecule has 0 rings (SSSR count). The molecule has 0 radical (unpaired) electrons. The first kappa shape index (κ1) is 22.5. The molecule has 58 valence electrons. The maximum Gasteiger partial charge on any atom is 1.00 e. The van der Waals surface area contributed by atoms with Gasteiger partial charge in [-0.15, -0.1) is 5.34 Å². The van der Waals surface area contributed by atoms with Crippen LogP contribution in [0, 0.1) is 10.1 Å². The van der Waals surface area contributed by atoms with Gasteiger partial charge in [0.25, 0.3) is 0 Å². The van der Waals surface area contributed by atoms with Gasteiger partial charge in [0.05, 0.1) is 0 Å². The molecule has 8 nitrogen and oxygen atoms in total. The van der Waals surface area contributed by atoms with Crippen molar-refractivity contribution in [1.29, 1.82) is 0 Å². The number of rotatable bonds is 0. The smallest absolute Gasteiger partial charge is 0.726 e. The molecule has 10 heavy (non-hydrogen) atoms. The predicted octanol–water partition coefficient (Wildman–Crippen LogP) is -3.36. The van der Waals surface area contributed by atoms with E-state index in [1.165, 1.54) is 0 Å². The normalized spacial score (nSPS) is 7.00. The molecule has 5 N–H and O–H groups in total. The average molecular weight is 184 g/mol. The number of quaternary nitrogens is 1. The summed E-state index contributed by atoms with van der Waals surface area (Å²) in [5.41, 5.74) is 0. The van der Waals surface area contributed by atoms with Crippen molar-refractivity contribution < 1.29 is 47.1 Å². The summed E-state index contributed by atoms with van der Waals surface area (Å²) in [6.45, 7) is 0. The molecule has 0 atom stereocenters. The summed E-state index contributed by atoms with van der Waals surface area (Å²) in [7, 11) is -4.92. The summed E-state index contributed by atoms with van der Waals surface area (Å²) in [4.78, 5) is 8.00. The van der Waals surface area contributed by atoms with Gasteiger partial charge >= 0.3 is 29.6 Å². The van der Waals surface area contributed by atoms with Gasteiger partial charge in [-0.1, -0.05) is 0 Å². The molecule has 0 unspecified atom stereocenters. The van der Waals surface area contributed by atoms with Crippen LogP contribution in [0.1, 0.15) is 0 Å². The zero-order valence-corrected chi connectivity index (χ0v) is 8.16. The van der Waals surface area contributed by atoms with Gasteiger partial charge in [-0.25, -0.2) is 8.42 Å². The molecule has 0 spiro atoms. The fraction of sp³-hybridized carbons (Fsp3) is 0. The van der Waals surface area contributed by atoms with E-state index in [4.69, 9.17) is 27.6 Å². The first-order chi connectivity index (χ1) is 3.41. The standard InChI is InChI=1S/HNO2.H3N.Na.H2O4S/c2-1-3;;;1-5(2,3)4/h(H,2,3);1H3;;(H2,1,2,3,4)/q;;+1;/p-1. The van der Waals surface area contributed by atoms with E-state index in [-0.39, 0.29) is 35.7 Å². The van der Waals surface area contributed by atoms with Crippen molar-refractivity contribution in [3.05, 3.63) is 10.1 Å². The minimum absolute atomic E-state index is 0. The third-order valence-electron chi connectivity index (χ3n) is 0. The molecule has 0 aliphatic rings. The second-order valence-corrected chi connectivity index (χ2v) is 1.36. The molecule has 10 heteroatoms. The second kappa shape index (κ2) is 12.0. The molecule has 0 aliphatic heterocycles. The SMILES string of the molecule is O=N[O-].O=S(=O)([O-])O.[NH4+].[Na+]. The van der Waals surface area contributed by atoms with Crippen LogP contribution in [0.2, 0.25) is 0 Å². The van der Waals surface area contributed by atoms with Crippen molar-refractivity contribution >= 4 is 10.4 Å². The Morgan fingerprint density at radius 1 is 1.40 bits per heavy atom. The van der Waals surface area contributed by atoms with Gasteiger partial charge in [-0.2, -0.15) is 0 Å². The van der Waals surface area contributed by atoms with Crippen molar-refractivity contribution in [2.75, 3.05) is 0 Å². The van der Waals surface area contributed by atoms with E-state index in [2.05, 4.69) is 0 Å². The molecule has 0 bridgehead atoms. The summed E-state index contributed by atoms with van der Waals surface area (Å²) in [5, 5.41) is 9.00. The van der Waals surface area contributed by atoms with Crippen LogP contribution in [0.5, 0.6) is 0 Å². The predicted molar refractivity (Wildman–Crippen MR) is 27.5 cm³/mol. The third kappa shape index (κ3) is 8130. The van der Waals surface area contributed by atoms with Crippen molar-refractivity contribution in [2.24, 2.45) is 5.34 Å². The van der Waals surface area contributed by atoms with Gasteiger partial charge in [0.1, 0.15) is 0 Å². The van der Waals surface area contributed by atoms with E-state index < -0.39 is 10.4 Å². The zero-order valence-electron chi connectivity index (χ0n) is 5.34. The minimum Gasteiger partial charge on any atom is -0.726 e. The van der Waals surface area contributed by atoms with Crippen LogP contribution in [-0.2, 0) is 10.4 Å². The molecule has 0 aromatic rings. The fourth-order valence-electron chi connectivity index (χ4n) is 0. The summed E-state index contributed by atoms with van der Waals surface area (Å²) >= 11 is 0. The maximum absolute atomic E-state index is 8.63. The molecular weight excluding hydrogens is 179 g/mol. The molecule has 0 saturated carbocycles. The van der Waals surface area contributed by atoms with E-state index in [1.54, 1.807) is 0 Å². The van der Waals surface area contributed by atoms with Crippen LogP contribution in [0.4, 0.5) is 0 Å². The van der Waals surface area contributed by atoms with Crippen LogP contribution >= 0.6 is 0 Å². The Kier molecular flexibility index (Phi) is 26.9. The summed E-state index contributed by atoms with van der Waals surface area (Å²) in [6, 6.07) is 0. The maximum atomic E-state index is 8.63. The summed E-state index contributed by atoms with van der Waals surface area (Å²) in [6.07, 6.45) is 0. The van der Waals surface area contributed by atoms with Crippen molar-refractivity contribution in [3.8, 4) is 0 Å². The number of hydrogen-bond donors (Lipinski definition) is 2. The first-order valence-electron chi connectivity index (χ1n) is 1.05. The number of nitrogens with zero attached hydrogens (tertiary/aromatic N) is 1. The Bertz CT molecular complexity index is 130. The van der Waals surface area contributed by atoms with Gasteiger partial charge in [-0.3, -0.25) is 4.55 Å². The van der Waals surface area contributed by atoms with Crippen LogP contribution in [0.15, 0.2) is 5.34 Å². The minimum atomic E-state index is -4.92. The zero-order chi connectivity index (χ0) is 7.21.